The van der Waals surface area contributed by atoms with Gasteiger partial charge < -0.3 is 0 Å². The number of hydrogen-bond acceptors (Lipinski definition) is 2. The smallest absolute Gasteiger partial charge is 0.205 e. The van der Waals surface area contributed by atoms with Gasteiger partial charge in [0.25, 0.3) is 0 Å². The summed E-state index contributed by atoms with van der Waals surface area (Å²) in [4.78, 5) is 8.15. The fraction of sp³-hybridized carbons (Fsp3) is 0.263. The van der Waals surface area contributed by atoms with Gasteiger partial charge in [-0.25, -0.2) is 23.1 Å². The molecule has 0 aliphatic carbocycles. The van der Waals surface area contributed by atoms with Crippen LogP contribution in [0.25, 0.3) is 6.08 Å². The van der Waals surface area contributed by atoms with Crippen molar-refractivity contribution in [3.63, 3.8) is 0 Å². The van der Waals surface area contributed by atoms with Crippen LogP contribution < -0.4 is 0 Å². The molecule has 24 heavy (non-hydrogen) atoms. The number of rotatable bonds is 5. The van der Waals surface area contributed by atoms with Gasteiger partial charge in [0.05, 0.1) is 0 Å². The molecule has 0 radical (unpaired) electrons. The van der Waals surface area contributed by atoms with Crippen LogP contribution in [0.3, 0.4) is 0 Å². The highest BCUT2D eigenvalue weighted by Gasteiger charge is 2.09. The average Bonchev–Trinajstić information content (AvgIpc) is 2.58. The van der Waals surface area contributed by atoms with Gasteiger partial charge in [0.15, 0.2) is 17.5 Å². The van der Waals surface area contributed by atoms with E-state index in [1.165, 1.54) is 12.8 Å². The van der Waals surface area contributed by atoms with Gasteiger partial charge in [-0.05, 0) is 30.9 Å². The van der Waals surface area contributed by atoms with Gasteiger partial charge in [0.2, 0.25) is 5.82 Å². The number of aromatic nitrogens is 2. The molecule has 2 aromatic rings. The molecule has 2 nitrogen and oxygen atoms in total. The molecule has 0 saturated carbocycles. The SMILES string of the molecule is CCCCC/C=C/c1cnc(C#Cc2cc(F)c(F)c(F)c2)nc1. The third-order valence-electron chi connectivity index (χ3n) is 3.26. The van der Waals surface area contributed by atoms with Gasteiger partial charge in [-0.2, -0.15) is 0 Å². The van der Waals surface area contributed by atoms with Gasteiger partial charge in [-0.3, -0.25) is 0 Å². The molecular weight excluding hydrogens is 313 g/mol. The quantitative estimate of drug-likeness (QED) is 0.443. The van der Waals surface area contributed by atoms with E-state index in [9.17, 15) is 13.2 Å². The monoisotopic (exact) mass is 330 g/mol. The molecule has 5 heteroatoms. The molecule has 0 amide bonds. The minimum atomic E-state index is -1.51. The summed E-state index contributed by atoms with van der Waals surface area (Å²) < 4.78 is 39.0. The van der Waals surface area contributed by atoms with Crippen LogP contribution in [0.15, 0.2) is 30.6 Å². The van der Waals surface area contributed by atoms with E-state index in [1.54, 1.807) is 12.4 Å². The Hall–Kier alpha value is -2.61. The molecule has 1 heterocycles. The summed E-state index contributed by atoms with van der Waals surface area (Å²) in [5.41, 5.74) is 0.880. The second kappa shape index (κ2) is 8.88. The summed E-state index contributed by atoms with van der Waals surface area (Å²) in [5.74, 6) is 1.28. The van der Waals surface area contributed by atoms with Crippen LogP contribution >= 0.6 is 0 Å². The van der Waals surface area contributed by atoms with E-state index >= 15 is 0 Å². The topological polar surface area (TPSA) is 25.8 Å². The molecule has 0 spiro atoms. The highest BCUT2D eigenvalue weighted by Crippen LogP contribution is 2.12. The summed E-state index contributed by atoms with van der Waals surface area (Å²) in [7, 11) is 0. The highest BCUT2D eigenvalue weighted by atomic mass is 19.2. The lowest BCUT2D eigenvalue weighted by Crippen LogP contribution is -1.92. The second-order valence-electron chi connectivity index (χ2n) is 5.24. The Morgan fingerprint density at radius 2 is 1.67 bits per heavy atom. The third kappa shape index (κ3) is 5.24. The normalized spacial score (nSPS) is 10.7. The average molecular weight is 330 g/mol. The lowest BCUT2D eigenvalue weighted by atomic mass is 10.2. The van der Waals surface area contributed by atoms with Gasteiger partial charge >= 0.3 is 0 Å². The number of hydrogen-bond donors (Lipinski definition) is 0. The molecule has 1 aromatic heterocycles. The first-order chi connectivity index (χ1) is 11.6. The first kappa shape index (κ1) is 17.7. The van der Waals surface area contributed by atoms with Crippen LogP contribution in [0.2, 0.25) is 0 Å². The molecule has 0 fully saturated rings. The number of allylic oxidation sites excluding steroid dienone is 1. The van der Waals surface area contributed by atoms with E-state index < -0.39 is 17.5 Å². The molecule has 0 aliphatic rings. The summed E-state index contributed by atoms with van der Waals surface area (Å²) in [6, 6.07) is 1.66. The van der Waals surface area contributed by atoms with Crippen LogP contribution in [0.5, 0.6) is 0 Å². The minimum Gasteiger partial charge on any atom is -0.229 e. The fourth-order valence-corrected chi connectivity index (χ4v) is 1.98. The van der Waals surface area contributed by atoms with Crippen molar-refractivity contribution in [3.8, 4) is 11.8 Å². The zero-order valence-corrected chi connectivity index (χ0v) is 13.3. The molecule has 0 N–H and O–H groups in total. The Labute approximate surface area is 139 Å². The van der Waals surface area contributed by atoms with Crippen LogP contribution in [-0.4, -0.2) is 9.97 Å². The van der Waals surface area contributed by atoms with E-state index in [0.717, 1.165) is 30.5 Å². The van der Waals surface area contributed by atoms with Crippen molar-refractivity contribution in [1.29, 1.82) is 0 Å². The van der Waals surface area contributed by atoms with Crippen molar-refractivity contribution in [1.82, 2.24) is 9.97 Å². The number of nitrogens with zero attached hydrogens (tertiary/aromatic N) is 2. The molecule has 1 aromatic carbocycles. The van der Waals surface area contributed by atoms with Crippen molar-refractivity contribution in [2.24, 2.45) is 0 Å². The Bertz CT molecular complexity index is 748. The molecule has 2 rings (SSSR count). The van der Waals surface area contributed by atoms with Crippen molar-refractivity contribution in [2.45, 2.75) is 32.6 Å². The van der Waals surface area contributed by atoms with Crippen LogP contribution in [0.4, 0.5) is 13.2 Å². The van der Waals surface area contributed by atoms with Gasteiger partial charge in [-0.15, -0.1) is 0 Å². The zero-order chi connectivity index (χ0) is 17.4. The van der Waals surface area contributed by atoms with Crippen LogP contribution in [0.1, 0.15) is 49.6 Å². The molecule has 124 valence electrons. The Kier molecular flexibility index (Phi) is 6.56. The van der Waals surface area contributed by atoms with E-state index in [-0.39, 0.29) is 11.4 Å². The maximum Gasteiger partial charge on any atom is 0.205 e. The molecule has 0 atom stereocenters. The Morgan fingerprint density at radius 3 is 2.29 bits per heavy atom. The number of halogens is 3. The Morgan fingerprint density at radius 1 is 1.00 bits per heavy atom. The van der Waals surface area contributed by atoms with Crippen LogP contribution in [0, 0.1) is 29.3 Å². The first-order valence-corrected chi connectivity index (χ1v) is 7.75. The molecule has 0 aliphatic heterocycles. The van der Waals surface area contributed by atoms with E-state index in [4.69, 9.17) is 0 Å². The van der Waals surface area contributed by atoms with Crippen molar-refractivity contribution >= 4 is 6.08 Å². The van der Waals surface area contributed by atoms with E-state index in [1.807, 2.05) is 6.08 Å². The zero-order valence-electron chi connectivity index (χ0n) is 13.3. The number of unbranched alkanes of at least 4 members (excludes halogenated alkanes) is 3. The molecular formula is C19H17F3N2. The van der Waals surface area contributed by atoms with Gasteiger partial charge in [-0.1, -0.05) is 37.8 Å². The second-order valence-corrected chi connectivity index (χ2v) is 5.24. The van der Waals surface area contributed by atoms with Gasteiger partial charge in [0.1, 0.15) is 0 Å². The van der Waals surface area contributed by atoms with Gasteiger partial charge in [0, 0.05) is 23.5 Å². The van der Waals surface area contributed by atoms with Crippen molar-refractivity contribution < 1.29 is 13.2 Å². The third-order valence-corrected chi connectivity index (χ3v) is 3.26. The lowest BCUT2D eigenvalue weighted by Gasteiger charge is -1.96. The Balaban J connectivity index is 2.02. The molecule has 0 bridgehead atoms. The van der Waals surface area contributed by atoms with E-state index in [0.29, 0.717) is 0 Å². The predicted molar refractivity (Wildman–Crippen MR) is 87.5 cm³/mol. The largest absolute Gasteiger partial charge is 0.229 e. The fourth-order valence-electron chi connectivity index (χ4n) is 1.98. The highest BCUT2D eigenvalue weighted by molar-refractivity contribution is 5.47. The summed E-state index contributed by atoms with van der Waals surface area (Å²) in [5, 5.41) is 0. The first-order valence-electron chi connectivity index (χ1n) is 7.75. The van der Waals surface area contributed by atoms with Crippen molar-refractivity contribution in [2.75, 3.05) is 0 Å². The summed E-state index contributed by atoms with van der Waals surface area (Å²) in [6.07, 6.45) is 11.8. The summed E-state index contributed by atoms with van der Waals surface area (Å²) in [6.45, 7) is 2.16. The minimum absolute atomic E-state index is 0.0231. The summed E-state index contributed by atoms with van der Waals surface area (Å²) >= 11 is 0. The number of benzene rings is 1. The standard InChI is InChI=1S/C19H17F3N2/c1-2-3-4-5-6-7-15-12-23-18(24-13-15)9-8-14-10-16(20)19(22)17(21)11-14/h6-7,10-13H,2-5H2,1H3/b7-6+. The predicted octanol–water partition coefficient (Wildman–Crippen LogP) is 4.89. The lowest BCUT2D eigenvalue weighted by molar-refractivity contribution is 0.446. The maximum atomic E-state index is 13.1. The van der Waals surface area contributed by atoms with E-state index in [2.05, 4.69) is 34.8 Å². The molecule has 0 saturated heterocycles. The van der Waals surface area contributed by atoms with Crippen molar-refractivity contribution in [3.05, 3.63) is 65.0 Å². The molecule has 0 unspecified atom stereocenters. The maximum absolute atomic E-state index is 13.1. The van der Waals surface area contributed by atoms with Crippen LogP contribution in [-0.2, 0) is 0 Å².